The summed E-state index contributed by atoms with van der Waals surface area (Å²) in [6.45, 7) is 5.04. The summed E-state index contributed by atoms with van der Waals surface area (Å²) in [5, 5.41) is 2.53. The van der Waals surface area contributed by atoms with E-state index in [4.69, 9.17) is 10.5 Å². The molecule has 0 unspecified atom stereocenters. The van der Waals surface area contributed by atoms with Crippen molar-refractivity contribution in [1.82, 2.24) is 5.32 Å². The van der Waals surface area contributed by atoms with Crippen molar-refractivity contribution in [3.63, 3.8) is 0 Å². The second-order valence-electron chi connectivity index (χ2n) is 7.23. The van der Waals surface area contributed by atoms with E-state index in [1.54, 1.807) is 45.0 Å². The fraction of sp³-hybridized carbons (Fsp3) is 0.350. The molecule has 0 atom stereocenters. The van der Waals surface area contributed by atoms with Gasteiger partial charge < -0.3 is 15.8 Å². The van der Waals surface area contributed by atoms with Crippen molar-refractivity contribution in [3.05, 3.63) is 59.2 Å². The molecule has 0 bridgehead atoms. The predicted octanol–water partition coefficient (Wildman–Crippen LogP) is 4.32. The molecule has 4 nitrogen and oxygen atoms in total. The minimum atomic E-state index is -4.55. The number of carbonyl (C=O) groups excluding carboxylic acids is 1. The predicted molar refractivity (Wildman–Crippen MR) is 98.2 cm³/mol. The van der Waals surface area contributed by atoms with E-state index >= 15 is 0 Å². The van der Waals surface area contributed by atoms with Crippen LogP contribution in [0.25, 0.3) is 0 Å². The first kappa shape index (κ1) is 20.6. The molecule has 0 radical (unpaired) electrons. The Bertz CT molecular complexity index is 794. The van der Waals surface area contributed by atoms with Crippen molar-refractivity contribution in [2.45, 2.75) is 45.5 Å². The molecule has 0 saturated heterocycles. The summed E-state index contributed by atoms with van der Waals surface area (Å²) in [6, 6.07) is 10.5. The molecule has 0 aliphatic rings. The summed E-state index contributed by atoms with van der Waals surface area (Å²) < 4.78 is 45.7. The van der Waals surface area contributed by atoms with Gasteiger partial charge >= 0.3 is 6.18 Å². The Morgan fingerprint density at radius 1 is 1.07 bits per heavy atom. The van der Waals surface area contributed by atoms with Crippen LogP contribution >= 0.6 is 0 Å². The number of rotatable bonds is 5. The molecule has 0 aromatic heterocycles. The van der Waals surface area contributed by atoms with Gasteiger partial charge in [-0.1, -0.05) is 18.2 Å². The highest BCUT2D eigenvalue weighted by molar-refractivity contribution is 5.78. The Kier molecular flexibility index (Phi) is 6.03. The van der Waals surface area contributed by atoms with Crippen molar-refractivity contribution in [2.24, 2.45) is 0 Å². The summed E-state index contributed by atoms with van der Waals surface area (Å²) >= 11 is 0. The number of ether oxygens (including phenoxy) is 1. The van der Waals surface area contributed by atoms with E-state index < -0.39 is 17.3 Å². The number of anilines is 1. The van der Waals surface area contributed by atoms with Gasteiger partial charge in [0.2, 0.25) is 5.91 Å². The molecule has 0 heterocycles. The van der Waals surface area contributed by atoms with Gasteiger partial charge in [-0.3, -0.25) is 4.79 Å². The molecule has 27 heavy (non-hydrogen) atoms. The highest BCUT2D eigenvalue weighted by atomic mass is 19.4. The van der Waals surface area contributed by atoms with Crippen molar-refractivity contribution in [2.75, 3.05) is 5.73 Å². The molecule has 2 aromatic rings. The highest BCUT2D eigenvalue weighted by Crippen LogP contribution is 2.35. The van der Waals surface area contributed by atoms with E-state index in [9.17, 15) is 18.0 Å². The van der Waals surface area contributed by atoms with Gasteiger partial charge in [-0.05, 0) is 56.2 Å². The van der Waals surface area contributed by atoms with Crippen LogP contribution in [-0.4, -0.2) is 11.5 Å². The van der Waals surface area contributed by atoms with Gasteiger partial charge in [0.15, 0.2) is 0 Å². The Morgan fingerprint density at radius 3 is 2.26 bits per heavy atom. The first-order valence-corrected chi connectivity index (χ1v) is 8.44. The Morgan fingerprint density at radius 2 is 1.70 bits per heavy atom. The lowest BCUT2D eigenvalue weighted by atomic mass is 10.1. The Labute approximate surface area is 156 Å². The van der Waals surface area contributed by atoms with Gasteiger partial charge in [0.1, 0.15) is 11.4 Å². The molecule has 0 aliphatic heterocycles. The fourth-order valence-corrected chi connectivity index (χ4v) is 2.47. The van der Waals surface area contributed by atoms with Crippen LogP contribution in [0, 0.1) is 0 Å². The maximum Gasteiger partial charge on any atom is 0.416 e. The number of nitrogen functional groups attached to an aromatic ring is 1. The van der Waals surface area contributed by atoms with Gasteiger partial charge in [-0.25, -0.2) is 0 Å². The topological polar surface area (TPSA) is 64.3 Å². The number of benzene rings is 2. The average molecular weight is 380 g/mol. The number of amides is 1. The Balaban J connectivity index is 2.10. The van der Waals surface area contributed by atoms with Crippen LogP contribution in [0.3, 0.4) is 0 Å². The smallest absolute Gasteiger partial charge is 0.416 e. The molecule has 0 aliphatic carbocycles. The summed E-state index contributed by atoms with van der Waals surface area (Å²) in [5.41, 5.74) is 5.43. The molecule has 2 aromatic carbocycles. The van der Waals surface area contributed by atoms with Crippen molar-refractivity contribution in [1.29, 1.82) is 0 Å². The zero-order valence-corrected chi connectivity index (χ0v) is 15.5. The zero-order valence-electron chi connectivity index (χ0n) is 15.5. The highest BCUT2D eigenvalue weighted by Gasteiger charge is 2.34. The maximum absolute atomic E-state index is 13.4. The normalized spacial score (nSPS) is 11.9. The van der Waals surface area contributed by atoms with Gasteiger partial charge in [0.05, 0.1) is 12.0 Å². The molecule has 146 valence electrons. The molecular formula is C20H23F3N2O2. The Hall–Kier alpha value is -2.70. The van der Waals surface area contributed by atoms with E-state index in [0.29, 0.717) is 5.69 Å². The van der Waals surface area contributed by atoms with E-state index in [-0.39, 0.29) is 30.2 Å². The minimum Gasteiger partial charge on any atom is -0.488 e. The van der Waals surface area contributed by atoms with Crippen molar-refractivity contribution >= 4 is 11.6 Å². The quantitative estimate of drug-likeness (QED) is 0.759. The largest absolute Gasteiger partial charge is 0.488 e. The molecule has 0 fully saturated rings. The van der Waals surface area contributed by atoms with Crippen molar-refractivity contribution < 1.29 is 22.7 Å². The fourth-order valence-electron chi connectivity index (χ4n) is 2.47. The summed E-state index contributed by atoms with van der Waals surface area (Å²) in [7, 11) is 0. The molecular weight excluding hydrogens is 357 g/mol. The first-order chi connectivity index (χ1) is 12.4. The maximum atomic E-state index is 13.4. The third kappa shape index (κ3) is 6.51. The third-order valence-corrected chi connectivity index (χ3v) is 3.63. The van der Waals surface area contributed by atoms with Crippen LogP contribution in [0.4, 0.5) is 18.9 Å². The van der Waals surface area contributed by atoms with E-state index in [0.717, 1.165) is 11.6 Å². The number of nitrogens with two attached hydrogens (primary N) is 1. The number of hydrogen-bond acceptors (Lipinski definition) is 3. The number of alkyl halides is 3. The number of carbonyl (C=O) groups is 1. The van der Waals surface area contributed by atoms with Crippen LogP contribution < -0.4 is 15.8 Å². The summed E-state index contributed by atoms with van der Waals surface area (Å²) in [5.74, 6) is -0.241. The van der Waals surface area contributed by atoms with E-state index in [2.05, 4.69) is 5.32 Å². The molecule has 7 heteroatoms. The number of hydrogen-bond donors (Lipinski definition) is 2. The van der Waals surface area contributed by atoms with Gasteiger partial charge in [0.25, 0.3) is 0 Å². The molecule has 0 spiro atoms. The molecule has 2 rings (SSSR count). The second kappa shape index (κ2) is 7.90. The number of nitrogens with one attached hydrogen (secondary N) is 1. The lowest BCUT2D eigenvalue weighted by Crippen LogP contribution is -2.26. The van der Waals surface area contributed by atoms with Crippen LogP contribution in [0.1, 0.15) is 37.5 Å². The van der Waals surface area contributed by atoms with Crippen LogP contribution in [-0.2, 0) is 23.9 Å². The van der Waals surface area contributed by atoms with E-state index in [1.807, 2.05) is 0 Å². The summed E-state index contributed by atoms with van der Waals surface area (Å²) in [4.78, 5) is 12.0. The molecule has 1 amide bonds. The zero-order chi connectivity index (χ0) is 20.2. The second-order valence-corrected chi connectivity index (χ2v) is 7.23. The van der Waals surface area contributed by atoms with Crippen molar-refractivity contribution in [3.8, 4) is 5.75 Å². The monoisotopic (exact) mass is 380 g/mol. The summed E-state index contributed by atoms with van der Waals surface area (Å²) in [6.07, 6.45) is -4.48. The molecule has 0 saturated carbocycles. The third-order valence-electron chi connectivity index (χ3n) is 3.63. The number of halogens is 3. The van der Waals surface area contributed by atoms with Gasteiger partial charge in [-0.15, -0.1) is 0 Å². The van der Waals surface area contributed by atoms with E-state index in [1.165, 1.54) is 12.1 Å². The van der Waals surface area contributed by atoms with Crippen LogP contribution in [0.2, 0.25) is 0 Å². The average Bonchev–Trinajstić information content (AvgIpc) is 2.53. The lowest BCUT2D eigenvalue weighted by Gasteiger charge is -2.23. The standard InChI is InChI=1S/C20H23F3N2O2/c1-19(2,3)27-16-9-6-14(17(11-16)20(21,22)23)12-25-18(26)10-13-4-7-15(24)8-5-13/h4-9,11H,10,12,24H2,1-3H3,(H,25,26). The molecule has 3 N–H and O–H groups in total. The SMILES string of the molecule is CC(C)(C)Oc1ccc(CNC(=O)Cc2ccc(N)cc2)c(C(F)(F)F)c1. The first-order valence-electron chi connectivity index (χ1n) is 8.44. The van der Waals surface area contributed by atoms with Gasteiger partial charge in [0, 0.05) is 12.2 Å². The lowest BCUT2D eigenvalue weighted by molar-refractivity contribution is -0.138. The minimum absolute atomic E-state index is 0.0191. The van der Waals surface area contributed by atoms with Crippen LogP contribution in [0.5, 0.6) is 5.75 Å². The van der Waals surface area contributed by atoms with Gasteiger partial charge in [-0.2, -0.15) is 13.2 Å². The van der Waals surface area contributed by atoms with Crippen LogP contribution in [0.15, 0.2) is 42.5 Å².